The van der Waals surface area contributed by atoms with Crippen molar-refractivity contribution in [2.24, 2.45) is 0 Å². The lowest BCUT2D eigenvalue weighted by molar-refractivity contribution is 0.199. The molecule has 4 nitrogen and oxygen atoms in total. The highest BCUT2D eigenvalue weighted by atomic mass is 32.2. The number of nitrogens with zero attached hydrogens (tertiary/aromatic N) is 1. The zero-order valence-corrected chi connectivity index (χ0v) is 15.0. The van der Waals surface area contributed by atoms with Gasteiger partial charge >= 0.3 is 0 Å². The van der Waals surface area contributed by atoms with E-state index >= 15 is 0 Å². The van der Waals surface area contributed by atoms with Crippen molar-refractivity contribution in [2.45, 2.75) is 68.8 Å². The highest BCUT2D eigenvalue weighted by Crippen LogP contribution is 2.29. The van der Waals surface area contributed by atoms with Crippen molar-refractivity contribution in [1.29, 1.82) is 0 Å². The van der Waals surface area contributed by atoms with E-state index < -0.39 is 10.0 Å². The molecule has 0 bridgehead atoms. The minimum Gasteiger partial charge on any atom is -0.300 e. The van der Waals surface area contributed by atoms with Gasteiger partial charge in [0.05, 0.1) is 4.90 Å². The summed E-state index contributed by atoms with van der Waals surface area (Å²) < 4.78 is 28.0. The molecular formula is C18H28N2O2S. The zero-order chi connectivity index (χ0) is 16.4. The van der Waals surface area contributed by atoms with Gasteiger partial charge in [-0.15, -0.1) is 0 Å². The van der Waals surface area contributed by atoms with Gasteiger partial charge < -0.3 is 4.90 Å². The van der Waals surface area contributed by atoms with Crippen LogP contribution in [0, 0.1) is 0 Å². The molecule has 2 aliphatic rings. The van der Waals surface area contributed by atoms with Crippen LogP contribution in [-0.2, 0) is 10.0 Å². The third-order valence-corrected chi connectivity index (χ3v) is 6.82. The van der Waals surface area contributed by atoms with E-state index in [0.29, 0.717) is 10.8 Å². The summed E-state index contributed by atoms with van der Waals surface area (Å²) in [6.45, 7) is 6.34. The average molecular weight is 337 g/mol. The van der Waals surface area contributed by atoms with Crippen LogP contribution in [0.2, 0.25) is 0 Å². The largest absolute Gasteiger partial charge is 0.300 e. The van der Waals surface area contributed by atoms with Gasteiger partial charge in [0, 0.05) is 12.1 Å². The molecule has 0 radical (unpaired) electrons. The van der Waals surface area contributed by atoms with E-state index in [1.807, 2.05) is 12.1 Å². The maximum absolute atomic E-state index is 12.6. The van der Waals surface area contributed by atoms with Gasteiger partial charge in [0.1, 0.15) is 0 Å². The van der Waals surface area contributed by atoms with Crippen LogP contribution in [-0.4, -0.2) is 38.5 Å². The van der Waals surface area contributed by atoms with Crippen molar-refractivity contribution in [3.63, 3.8) is 0 Å². The molecule has 1 aromatic carbocycles. The number of hydrogen-bond donors (Lipinski definition) is 1. The number of sulfonamides is 1. The van der Waals surface area contributed by atoms with E-state index in [9.17, 15) is 8.42 Å². The summed E-state index contributed by atoms with van der Waals surface area (Å²) in [6.07, 6.45) is 5.53. The Morgan fingerprint density at radius 3 is 2.26 bits per heavy atom. The molecular weight excluding hydrogens is 308 g/mol. The van der Waals surface area contributed by atoms with Crippen molar-refractivity contribution in [2.75, 3.05) is 13.1 Å². The number of nitrogens with one attached hydrogen (secondary N) is 1. The topological polar surface area (TPSA) is 49.4 Å². The number of piperidine rings is 1. The second-order valence-electron chi connectivity index (χ2n) is 7.04. The predicted octanol–water partition coefficient (Wildman–Crippen LogP) is 3.11. The molecule has 1 saturated heterocycles. The first-order chi connectivity index (χ1) is 11.0. The molecule has 5 heteroatoms. The standard InChI is InChI=1S/C18H28N2O2S/c1-3-14(2)15-4-8-18(9-5-15)23(21,22)19-16-10-12-20(13-11-16)17-6-7-17/h4-5,8-9,14,16-17,19H,3,6-7,10-13H2,1-2H3/t14-/m0/s1. The van der Waals surface area contributed by atoms with E-state index in [1.54, 1.807) is 12.1 Å². The third kappa shape index (κ3) is 4.14. The first kappa shape index (κ1) is 16.9. The smallest absolute Gasteiger partial charge is 0.240 e. The van der Waals surface area contributed by atoms with Crippen LogP contribution in [0.25, 0.3) is 0 Å². The molecule has 0 unspecified atom stereocenters. The quantitative estimate of drug-likeness (QED) is 0.868. The molecule has 128 valence electrons. The molecule has 2 fully saturated rings. The molecule has 3 rings (SSSR count). The van der Waals surface area contributed by atoms with Gasteiger partial charge in [-0.2, -0.15) is 0 Å². The number of benzene rings is 1. The Balaban J connectivity index is 1.60. The van der Waals surface area contributed by atoms with Crippen LogP contribution in [0.4, 0.5) is 0 Å². The van der Waals surface area contributed by atoms with E-state index in [1.165, 1.54) is 18.4 Å². The molecule has 1 aliphatic carbocycles. The zero-order valence-electron chi connectivity index (χ0n) is 14.2. The first-order valence-corrected chi connectivity index (χ1v) is 10.3. The minimum atomic E-state index is -3.40. The van der Waals surface area contributed by atoms with Crippen LogP contribution in [0.15, 0.2) is 29.2 Å². The van der Waals surface area contributed by atoms with Gasteiger partial charge in [-0.05, 0) is 68.8 Å². The summed E-state index contributed by atoms with van der Waals surface area (Å²) in [6, 6.07) is 8.22. The summed E-state index contributed by atoms with van der Waals surface area (Å²) in [5, 5.41) is 0. The molecule has 1 aromatic rings. The Bertz CT molecular complexity index is 615. The van der Waals surface area contributed by atoms with Crippen molar-refractivity contribution in [3.05, 3.63) is 29.8 Å². The van der Waals surface area contributed by atoms with E-state index in [2.05, 4.69) is 23.5 Å². The second-order valence-corrected chi connectivity index (χ2v) is 8.76. The molecule has 0 aromatic heterocycles. The van der Waals surface area contributed by atoms with Crippen LogP contribution < -0.4 is 4.72 Å². The molecule has 1 N–H and O–H groups in total. The number of hydrogen-bond acceptors (Lipinski definition) is 3. The van der Waals surface area contributed by atoms with Gasteiger partial charge in [-0.1, -0.05) is 26.0 Å². The van der Waals surface area contributed by atoms with Crippen LogP contribution in [0.5, 0.6) is 0 Å². The summed E-state index contributed by atoms with van der Waals surface area (Å²) in [5.41, 5.74) is 1.20. The summed E-state index contributed by atoms with van der Waals surface area (Å²) >= 11 is 0. The average Bonchev–Trinajstić information content (AvgIpc) is 3.39. The summed E-state index contributed by atoms with van der Waals surface area (Å²) in [7, 11) is -3.40. The molecule has 23 heavy (non-hydrogen) atoms. The van der Waals surface area contributed by atoms with Crippen LogP contribution in [0.1, 0.15) is 57.4 Å². The molecule has 1 atom stereocenters. The highest BCUT2D eigenvalue weighted by molar-refractivity contribution is 7.89. The Labute approximate surface area is 140 Å². The highest BCUT2D eigenvalue weighted by Gasteiger charge is 2.32. The van der Waals surface area contributed by atoms with Crippen molar-refractivity contribution in [3.8, 4) is 0 Å². The molecule has 0 spiro atoms. The van der Waals surface area contributed by atoms with Crippen LogP contribution in [0.3, 0.4) is 0 Å². The lowest BCUT2D eigenvalue weighted by Crippen LogP contribution is -2.45. The van der Waals surface area contributed by atoms with Crippen molar-refractivity contribution >= 4 is 10.0 Å². The minimum absolute atomic E-state index is 0.0734. The van der Waals surface area contributed by atoms with Gasteiger partial charge in [0.25, 0.3) is 0 Å². The van der Waals surface area contributed by atoms with Crippen LogP contribution >= 0.6 is 0 Å². The molecule has 1 aliphatic heterocycles. The third-order valence-electron chi connectivity index (χ3n) is 5.29. The first-order valence-electron chi connectivity index (χ1n) is 8.86. The fourth-order valence-corrected chi connectivity index (χ4v) is 4.63. The van der Waals surface area contributed by atoms with Crippen molar-refractivity contribution < 1.29 is 8.42 Å². The van der Waals surface area contributed by atoms with E-state index in [-0.39, 0.29) is 6.04 Å². The Morgan fingerprint density at radius 1 is 1.13 bits per heavy atom. The number of likely N-dealkylation sites (tertiary alicyclic amines) is 1. The fourth-order valence-electron chi connectivity index (χ4n) is 3.32. The fraction of sp³-hybridized carbons (Fsp3) is 0.667. The van der Waals surface area contributed by atoms with Gasteiger partial charge in [0.15, 0.2) is 0 Å². The SMILES string of the molecule is CC[C@H](C)c1ccc(S(=O)(=O)NC2CCN(C3CC3)CC2)cc1. The van der Waals surface area contributed by atoms with Gasteiger partial charge in [-0.25, -0.2) is 13.1 Å². The Morgan fingerprint density at radius 2 is 1.74 bits per heavy atom. The molecule has 0 amide bonds. The second kappa shape index (κ2) is 6.91. The summed E-state index contributed by atoms with van der Waals surface area (Å²) in [5.74, 6) is 0.464. The summed E-state index contributed by atoms with van der Waals surface area (Å²) in [4.78, 5) is 2.89. The van der Waals surface area contributed by atoms with E-state index in [4.69, 9.17) is 0 Å². The van der Waals surface area contributed by atoms with Gasteiger partial charge in [0.2, 0.25) is 10.0 Å². The lowest BCUT2D eigenvalue weighted by atomic mass is 9.99. The number of rotatable bonds is 6. The Hall–Kier alpha value is -0.910. The predicted molar refractivity (Wildman–Crippen MR) is 93.1 cm³/mol. The molecule has 1 saturated carbocycles. The lowest BCUT2D eigenvalue weighted by Gasteiger charge is -2.32. The normalized spacial score (nSPS) is 22.2. The monoisotopic (exact) mass is 336 g/mol. The van der Waals surface area contributed by atoms with E-state index in [0.717, 1.165) is 38.4 Å². The van der Waals surface area contributed by atoms with Gasteiger partial charge in [-0.3, -0.25) is 0 Å². The van der Waals surface area contributed by atoms with Crippen molar-refractivity contribution in [1.82, 2.24) is 9.62 Å². The maximum atomic E-state index is 12.6. The Kier molecular flexibility index (Phi) is 5.09. The maximum Gasteiger partial charge on any atom is 0.240 e. The molecule has 1 heterocycles.